The van der Waals surface area contributed by atoms with Gasteiger partial charge in [0.25, 0.3) is 0 Å². The molecule has 2 fully saturated rings. The lowest BCUT2D eigenvalue weighted by atomic mass is 9.88. The van der Waals surface area contributed by atoms with Crippen molar-refractivity contribution in [3.8, 4) is 0 Å². The van der Waals surface area contributed by atoms with Crippen molar-refractivity contribution in [2.24, 2.45) is 10.9 Å². The molecule has 1 unspecified atom stereocenters. The summed E-state index contributed by atoms with van der Waals surface area (Å²) >= 11 is 0. The summed E-state index contributed by atoms with van der Waals surface area (Å²) in [7, 11) is 3.29. The minimum atomic E-state index is -0.258. The van der Waals surface area contributed by atoms with E-state index in [0.29, 0.717) is 24.0 Å². The molecular formula is C22H33FN4O2. The number of halogens is 1. The van der Waals surface area contributed by atoms with Gasteiger partial charge in [-0.05, 0) is 37.0 Å². The molecule has 0 bridgehead atoms. The molecule has 1 aliphatic carbocycles. The van der Waals surface area contributed by atoms with Gasteiger partial charge in [-0.15, -0.1) is 0 Å². The average molecular weight is 405 g/mol. The summed E-state index contributed by atoms with van der Waals surface area (Å²) in [4.78, 5) is 19.0. The van der Waals surface area contributed by atoms with Crippen molar-refractivity contribution in [3.63, 3.8) is 0 Å². The van der Waals surface area contributed by atoms with Gasteiger partial charge in [0.1, 0.15) is 5.82 Å². The Balaban J connectivity index is 1.48. The van der Waals surface area contributed by atoms with Crippen LogP contribution in [0.15, 0.2) is 23.2 Å². The Morgan fingerprint density at radius 1 is 1.28 bits per heavy atom. The number of aliphatic imine (C=N–C) groups is 1. The van der Waals surface area contributed by atoms with E-state index in [9.17, 15) is 9.18 Å². The van der Waals surface area contributed by atoms with E-state index in [-0.39, 0.29) is 24.4 Å². The van der Waals surface area contributed by atoms with Crippen LogP contribution < -0.4 is 10.6 Å². The number of likely N-dealkylation sites (tertiary alicyclic amines) is 1. The van der Waals surface area contributed by atoms with Crippen molar-refractivity contribution in [2.45, 2.75) is 57.7 Å². The number of hydrogen-bond donors (Lipinski definition) is 2. The predicted molar refractivity (Wildman–Crippen MR) is 112 cm³/mol. The maximum absolute atomic E-state index is 13.8. The second kappa shape index (κ2) is 10.6. The van der Waals surface area contributed by atoms with Gasteiger partial charge in [-0.2, -0.15) is 0 Å². The lowest BCUT2D eigenvalue weighted by Crippen LogP contribution is -2.45. The molecular weight excluding hydrogens is 371 g/mol. The minimum Gasteiger partial charge on any atom is -0.380 e. The quantitative estimate of drug-likeness (QED) is 0.565. The first-order valence-corrected chi connectivity index (χ1v) is 10.6. The number of guanidine groups is 1. The number of nitrogens with one attached hydrogen (secondary N) is 2. The topological polar surface area (TPSA) is 66.0 Å². The molecule has 1 saturated heterocycles. The Hall–Kier alpha value is -2.15. The number of rotatable bonds is 6. The highest BCUT2D eigenvalue weighted by atomic mass is 19.1. The Kier molecular flexibility index (Phi) is 7.86. The molecule has 7 heteroatoms. The van der Waals surface area contributed by atoms with Crippen LogP contribution in [0.1, 0.15) is 49.7 Å². The molecule has 1 heterocycles. The Labute approximate surface area is 172 Å². The lowest BCUT2D eigenvalue weighted by molar-refractivity contribution is -0.135. The van der Waals surface area contributed by atoms with Gasteiger partial charge < -0.3 is 20.3 Å². The van der Waals surface area contributed by atoms with Crippen LogP contribution in [0.4, 0.5) is 4.39 Å². The molecule has 1 atom stereocenters. The van der Waals surface area contributed by atoms with Crippen LogP contribution >= 0.6 is 0 Å². The standard InChI is InChI=1S/C22H33FN4O2/c1-24-22(25-13-16-8-9-20(23)18(12-16)15-29-2)26-19-10-11-27(14-19)21(28)17-6-4-3-5-7-17/h8-9,12,17,19H,3-7,10-11,13-15H2,1-2H3,(H2,24,25,26). The zero-order valence-electron chi connectivity index (χ0n) is 17.5. The monoisotopic (exact) mass is 404 g/mol. The summed E-state index contributed by atoms with van der Waals surface area (Å²) in [5.74, 6) is 0.986. The number of ether oxygens (including phenoxy) is 1. The second-order valence-electron chi connectivity index (χ2n) is 8.03. The molecule has 1 aromatic rings. The zero-order chi connectivity index (χ0) is 20.6. The van der Waals surface area contributed by atoms with E-state index in [0.717, 1.165) is 37.9 Å². The number of benzene rings is 1. The van der Waals surface area contributed by atoms with Gasteiger partial charge in [-0.1, -0.05) is 25.3 Å². The molecule has 1 saturated carbocycles. The predicted octanol–water partition coefficient (Wildman–Crippen LogP) is 2.82. The van der Waals surface area contributed by atoms with Crippen LogP contribution in [0.2, 0.25) is 0 Å². The molecule has 6 nitrogen and oxygen atoms in total. The summed E-state index contributed by atoms with van der Waals surface area (Å²) in [5.41, 5.74) is 1.50. The first kappa shape index (κ1) is 21.6. The fraction of sp³-hybridized carbons (Fsp3) is 0.636. The number of amides is 1. The second-order valence-corrected chi connectivity index (χ2v) is 8.03. The molecule has 0 aromatic heterocycles. The van der Waals surface area contributed by atoms with Crippen LogP contribution in [0.25, 0.3) is 0 Å². The Bertz CT molecular complexity index is 719. The van der Waals surface area contributed by atoms with Crippen LogP contribution in [-0.4, -0.2) is 50.1 Å². The largest absolute Gasteiger partial charge is 0.380 e. The highest BCUT2D eigenvalue weighted by Gasteiger charge is 2.31. The van der Waals surface area contributed by atoms with E-state index in [1.807, 2.05) is 4.90 Å². The van der Waals surface area contributed by atoms with E-state index in [1.54, 1.807) is 26.3 Å². The van der Waals surface area contributed by atoms with E-state index < -0.39 is 0 Å². The zero-order valence-corrected chi connectivity index (χ0v) is 17.5. The van der Waals surface area contributed by atoms with Gasteiger partial charge in [0.05, 0.1) is 6.61 Å². The number of carbonyl (C=O) groups is 1. The fourth-order valence-electron chi connectivity index (χ4n) is 4.26. The van der Waals surface area contributed by atoms with Crippen LogP contribution in [0, 0.1) is 11.7 Å². The molecule has 29 heavy (non-hydrogen) atoms. The lowest BCUT2D eigenvalue weighted by Gasteiger charge is -2.26. The van der Waals surface area contributed by atoms with Crippen molar-refractivity contribution in [2.75, 3.05) is 27.2 Å². The average Bonchev–Trinajstić information content (AvgIpc) is 3.22. The first-order valence-electron chi connectivity index (χ1n) is 10.6. The number of carbonyl (C=O) groups excluding carboxylic acids is 1. The van der Waals surface area contributed by atoms with Crippen LogP contribution in [0.3, 0.4) is 0 Å². The maximum atomic E-state index is 13.8. The molecule has 1 amide bonds. The maximum Gasteiger partial charge on any atom is 0.225 e. The Morgan fingerprint density at radius 3 is 2.79 bits per heavy atom. The summed E-state index contributed by atoms with van der Waals surface area (Å²) in [6.45, 7) is 2.32. The van der Waals surface area contributed by atoms with Crippen molar-refractivity contribution in [3.05, 3.63) is 35.1 Å². The van der Waals surface area contributed by atoms with E-state index in [1.165, 1.54) is 25.3 Å². The van der Waals surface area contributed by atoms with Gasteiger partial charge in [0, 0.05) is 51.3 Å². The third-order valence-corrected chi connectivity index (χ3v) is 5.89. The van der Waals surface area contributed by atoms with Crippen molar-refractivity contribution < 1.29 is 13.9 Å². The van der Waals surface area contributed by atoms with Crippen molar-refractivity contribution in [1.29, 1.82) is 0 Å². The highest BCUT2D eigenvalue weighted by Crippen LogP contribution is 2.26. The molecule has 0 radical (unpaired) electrons. The van der Waals surface area contributed by atoms with Gasteiger partial charge in [-0.25, -0.2) is 4.39 Å². The summed E-state index contributed by atoms with van der Waals surface area (Å²) in [6, 6.07) is 5.23. The van der Waals surface area contributed by atoms with Gasteiger partial charge >= 0.3 is 0 Å². The third-order valence-electron chi connectivity index (χ3n) is 5.89. The normalized spacial score (nSPS) is 20.7. The molecule has 0 spiro atoms. The number of nitrogens with zero attached hydrogens (tertiary/aromatic N) is 2. The third kappa shape index (κ3) is 5.92. The Morgan fingerprint density at radius 2 is 2.07 bits per heavy atom. The first-order chi connectivity index (χ1) is 14.1. The molecule has 160 valence electrons. The van der Waals surface area contributed by atoms with Gasteiger partial charge in [0.2, 0.25) is 5.91 Å². The van der Waals surface area contributed by atoms with E-state index in [4.69, 9.17) is 4.74 Å². The van der Waals surface area contributed by atoms with Gasteiger partial charge in [0.15, 0.2) is 5.96 Å². The molecule has 1 aliphatic heterocycles. The minimum absolute atomic E-state index is 0.200. The van der Waals surface area contributed by atoms with Crippen LogP contribution in [-0.2, 0) is 22.7 Å². The highest BCUT2D eigenvalue weighted by molar-refractivity contribution is 5.81. The van der Waals surface area contributed by atoms with E-state index >= 15 is 0 Å². The molecule has 2 aliphatic rings. The summed E-state index contributed by atoms with van der Waals surface area (Å²) in [6.07, 6.45) is 6.62. The van der Waals surface area contributed by atoms with E-state index in [2.05, 4.69) is 15.6 Å². The van der Waals surface area contributed by atoms with Crippen molar-refractivity contribution in [1.82, 2.24) is 15.5 Å². The fourth-order valence-corrected chi connectivity index (χ4v) is 4.26. The molecule has 3 rings (SSSR count). The van der Waals surface area contributed by atoms with Crippen LogP contribution in [0.5, 0.6) is 0 Å². The summed E-state index contributed by atoms with van der Waals surface area (Å²) in [5, 5.41) is 6.70. The molecule has 2 N–H and O–H groups in total. The molecule has 1 aromatic carbocycles. The SMILES string of the molecule is CN=C(NCc1ccc(F)c(COC)c1)NC1CCN(C(=O)C2CCCCC2)C1. The van der Waals surface area contributed by atoms with Gasteiger partial charge in [-0.3, -0.25) is 9.79 Å². The number of methoxy groups -OCH3 is 1. The summed E-state index contributed by atoms with van der Waals surface area (Å²) < 4.78 is 18.8. The smallest absolute Gasteiger partial charge is 0.225 e. The van der Waals surface area contributed by atoms with Crippen molar-refractivity contribution >= 4 is 11.9 Å². The number of hydrogen-bond acceptors (Lipinski definition) is 3.